The second-order valence-corrected chi connectivity index (χ2v) is 4.94. The van der Waals surface area contributed by atoms with Gasteiger partial charge in [0.1, 0.15) is 6.61 Å². The Morgan fingerprint density at radius 2 is 2.05 bits per heavy atom. The van der Waals surface area contributed by atoms with Crippen molar-refractivity contribution in [1.82, 2.24) is 4.90 Å². The van der Waals surface area contributed by atoms with E-state index in [0.29, 0.717) is 19.4 Å². The summed E-state index contributed by atoms with van der Waals surface area (Å²) in [6, 6.07) is 5.05. The number of ether oxygens (including phenoxy) is 1. The van der Waals surface area contributed by atoms with Crippen molar-refractivity contribution in [3.63, 3.8) is 0 Å². The summed E-state index contributed by atoms with van der Waals surface area (Å²) in [6.45, 7) is 0.564. The lowest BCUT2D eigenvalue weighted by atomic mass is 10.1. The largest absolute Gasteiger partial charge is 0.447 e. The van der Waals surface area contributed by atoms with E-state index in [9.17, 15) is 18.0 Å². The van der Waals surface area contributed by atoms with E-state index < -0.39 is 17.8 Å². The summed E-state index contributed by atoms with van der Waals surface area (Å²) in [7, 11) is 0. The van der Waals surface area contributed by atoms with Gasteiger partial charge in [-0.3, -0.25) is 4.90 Å². The van der Waals surface area contributed by atoms with Gasteiger partial charge in [0.05, 0.1) is 18.2 Å². The van der Waals surface area contributed by atoms with Crippen molar-refractivity contribution in [2.75, 3.05) is 13.2 Å². The molecule has 1 amide bonds. The van der Waals surface area contributed by atoms with Gasteiger partial charge < -0.3 is 10.5 Å². The lowest BCUT2D eigenvalue weighted by molar-refractivity contribution is -0.138. The molecule has 1 heterocycles. The maximum atomic E-state index is 13.0. The fourth-order valence-electron chi connectivity index (χ4n) is 2.39. The highest BCUT2D eigenvalue weighted by atomic mass is 19.4. The van der Waals surface area contributed by atoms with Gasteiger partial charge in [-0.2, -0.15) is 13.2 Å². The average molecular weight is 302 g/mol. The molecule has 2 N–H and O–H groups in total. The number of rotatable bonds is 5. The molecule has 1 aromatic rings. The van der Waals surface area contributed by atoms with Gasteiger partial charge in [0, 0.05) is 0 Å². The van der Waals surface area contributed by atoms with Gasteiger partial charge in [0.15, 0.2) is 0 Å². The highest BCUT2D eigenvalue weighted by Crippen LogP contribution is 2.33. The first-order chi connectivity index (χ1) is 9.93. The minimum absolute atomic E-state index is 0.0709. The van der Waals surface area contributed by atoms with E-state index in [4.69, 9.17) is 10.5 Å². The van der Waals surface area contributed by atoms with Crippen LogP contribution in [0.3, 0.4) is 0 Å². The van der Waals surface area contributed by atoms with E-state index in [-0.39, 0.29) is 24.8 Å². The van der Waals surface area contributed by atoms with Crippen molar-refractivity contribution in [3.8, 4) is 0 Å². The Balaban J connectivity index is 2.18. The molecule has 1 aromatic carbocycles. The Morgan fingerprint density at radius 3 is 2.71 bits per heavy atom. The molecule has 0 radical (unpaired) electrons. The molecule has 116 valence electrons. The predicted molar refractivity (Wildman–Crippen MR) is 70.4 cm³/mol. The molecule has 4 nitrogen and oxygen atoms in total. The van der Waals surface area contributed by atoms with E-state index in [1.807, 2.05) is 0 Å². The second-order valence-electron chi connectivity index (χ2n) is 4.94. The van der Waals surface area contributed by atoms with Crippen LogP contribution in [0.4, 0.5) is 18.0 Å². The molecule has 1 aliphatic rings. The molecule has 0 aromatic heterocycles. The van der Waals surface area contributed by atoms with Crippen LogP contribution in [0.15, 0.2) is 24.3 Å². The Labute approximate surface area is 120 Å². The molecule has 0 saturated carbocycles. The number of halogens is 3. The zero-order valence-electron chi connectivity index (χ0n) is 11.4. The summed E-state index contributed by atoms with van der Waals surface area (Å²) < 4.78 is 43.8. The standard InChI is InChI=1S/C14H17F3N2O2/c15-14(16,17)12-6-2-1-4-10(12)8-19-11(5-3-7-18)9-21-13(19)20/h1-2,4,6,11H,3,5,7-9,18H2. The lowest BCUT2D eigenvalue weighted by Crippen LogP contribution is -2.34. The SMILES string of the molecule is NCCCC1COC(=O)N1Cc1ccccc1C(F)(F)F. The summed E-state index contributed by atoms with van der Waals surface area (Å²) in [4.78, 5) is 13.1. The van der Waals surface area contributed by atoms with Crippen LogP contribution in [0.2, 0.25) is 0 Å². The summed E-state index contributed by atoms with van der Waals surface area (Å²) >= 11 is 0. The molecule has 1 atom stereocenters. The third-order valence-electron chi connectivity index (χ3n) is 3.48. The zero-order chi connectivity index (χ0) is 15.5. The number of hydrogen-bond acceptors (Lipinski definition) is 3. The van der Waals surface area contributed by atoms with Crippen molar-refractivity contribution in [1.29, 1.82) is 0 Å². The molecule has 2 rings (SSSR count). The zero-order valence-corrected chi connectivity index (χ0v) is 11.4. The fraction of sp³-hybridized carbons (Fsp3) is 0.500. The summed E-state index contributed by atoms with van der Waals surface area (Å²) in [5, 5.41) is 0. The van der Waals surface area contributed by atoms with Crippen molar-refractivity contribution in [2.45, 2.75) is 31.6 Å². The highest BCUT2D eigenvalue weighted by Gasteiger charge is 2.37. The average Bonchev–Trinajstić information content (AvgIpc) is 2.77. The van der Waals surface area contributed by atoms with Crippen molar-refractivity contribution < 1.29 is 22.7 Å². The molecule has 1 fully saturated rings. The van der Waals surface area contributed by atoms with Crippen LogP contribution in [0, 0.1) is 0 Å². The smallest absolute Gasteiger partial charge is 0.416 e. The molecule has 0 bridgehead atoms. The van der Waals surface area contributed by atoms with Gasteiger partial charge >= 0.3 is 12.3 Å². The lowest BCUT2D eigenvalue weighted by Gasteiger charge is -2.23. The first-order valence-electron chi connectivity index (χ1n) is 6.72. The number of carbonyl (C=O) groups excluding carboxylic acids is 1. The van der Waals surface area contributed by atoms with Gasteiger partial charge in [-0.05, 0) is 31.0 Å². The third-order valence-corrected chi connectivity index (χ3v) is 3.48. The Morgan fingerprint density at radius 1 is 1.33 bits per heavy atom. The minimum atomic E-state index is -4.44. The van der Waals surface area contributed by atoms with Crippen molar-refractivity contribution in [2.24, 2.45) is 5.73 Å². The molecule has 1 aliphatic heterocycles. The summed E-state index contributed by atoms with van der Waals surface area (Å²) in [6.07, 6.45) is -3.70. The Bertz CT molecular complexity index is 505. The van der Waals surface area contributed by atoms with Gasteiger partial charge in [0.25, 0.3) is 0 Å². The minimum Gasteiger partial charge on any atom is -0.447 e. The monoisotopic (exact) mass is 302 g/mol. The number of carbonyl (C=O) groups is 1. The molecule has 0 spiro atoms. The molecular formula is C14H17F3N2O2. The molecule has 0 aliphatic carbocycles. The number of hydrogen-bond donors (Lipinski definition) is 1. The number of nitrogens with zero attached hydrogens (tertiary/aromatic N) is 1. The molecular weight excluding hydrogens is 285 g/mol. The second kappa shape index (κ2) is 6.34. The normalized spacial score (nSPS) is 19.0. The van der Waals surface area contributed by atoms with Crippen LogP contribution < -0.4 is 5.73 Å². The van der Waals surface area contributed by atoms with Crippen LogP contribution in [0.1, 0.15) is 24.0 Å². The molecule has 1 saturated heterocycles. The number of alkyl halides is 3. The Hall–Kier alpha value is -1.76. The van der Waals surface area contributed by atoms with Crippen LogP contribution in [0.25, 0.3) is 0 Å². The number of nitrogens with two attached hydrogens (primary N) is 1. The molecule has 7 heteroatoms. The first-order valence-corrected chi connectivity index (χ1v) is 6.72. The van der Waals surface area contributed by atoms with E-state index >= 15 is 0 Å². The maximum absolute atomic E-state index is 13.0. The highest BCUT2D eigenvalue weighted by molar-refractivity contribution is 5.70. The maximum Gasteiger partial charge on any atom is 0.416 e. The topological polar surface area (TPSA) is 55.6 Å². The van der Waals surface area contributed by atoms with Crippen LogP contribution in [-0.4, -0.2) is 30.2 Å². The van der Waals surface area contributed by atoms with Crippen LogP contribution in [-0.2, 0) is 17.5 Å². The van der Waals surface area contributed by atoms with Crippen LogP contribution in [0.5, 0.6) is 0 Å². The van der Waals surface area contributed by atoms with Gasteiger partial charge in [0.2, 0.25) is 0 Å². The predicted octanol–water partition coefficient (Wildman–Crippen LogP) is 2.77. The van der Waals surface area contributed by atoms with Gasteiger partial charge in [-0.25, -0.2) is 4.79 Å². The van der Waals surface area contributed by atoms with E-state index in [2.05, 4.69) is 0 Å². The number of benzene rings is 1. The van der Waals surface area contributed by atoms with E-state index in [1.54, 1.807) is 0 Å². The summed E-state index contributed by atoms with van der Waals surface area (Å²) in [5.41, 5.74) is 4.78. The third kappa shape index (κ3) is 3.66. The quantitative estimate of drug-likeness (QED) is 0.910. The molecule has 21 heavy (non-hydrogen) atoms. The van der Waals surface area contributed by atoms with Crippen LogP contribution >= 0.6 is 0 Å². The fourth-order valence-corrected chi connectivity index (χ4v) is 2.39. The first kappa shape index (κ1) is 15.6. The van der Waals surface area contributed by atoms with Gasteiger partial charge in [-0.15, -0.1) is 0 Å². The van der Waals surface area contributed by atoms with Gasteiger partial charge in [-0.1, -0.05) is 18.2 Å². The van der Waals surface area contributed by atoms with E-state index in [1.165, 1.54) is 23.1 Å². The number of cyclic esters (lactones) is 1. The van der Waals surface area contributed by atoms with E-state index in [0.717, 1.165) is 6.07 Å². The van der Waals surface area contributed by atoms with Crippen molar-refractivity contribution in [3.05, 3.63) is 35.4 Å². The molecule has 1 unspecified atom stereocenters. The Kier molecular flexibility index (Phi) is 4.72. The summed E-state index contributed by atoms with van der Waals surface area (Å²) in [5.74, 6) is 0. The van der Waals surface area contributed by atoms with Crippen molar-refractivity contribution >= 4 is 6.09 Å². The number of amides is 1.